The second kappa shape index (κ2) is 10.0. The van der Waals surface area contributed by atoms with E-state index in [0.29, 0.717) is 23.8 Å². The lowest BCUT2D eigenvalue weighted by Gasteiger charge is -2.35. The fraction of sp³-hybridized carbons (Fsp3) is 0.385. The highest BCUT2D eigenvalue weighted by Crippen LogP contribution is 2.31. The van der Waals surface area contributed by atoms with Crippen molar-refractivity contribution in [3.63, 3.8) is 0 Å². The number of morpholine rings is 1. The van der Waals surface area contributed by atoms with E-state index in [0.717, 1.165) is 67.9 Å². The van der Waals surface area contributed by atoms with Crippen molar-refractivity contribution in [2.75, 3.05) is 63.9 Å². The van der Waals surface area contributed by atoms with Crippen molar-refractivity contribution in [2.24, 2.45) is 4.99 Å². The van der Waals surface area contributed by atoms with E-state index in [4.69, 9.17) is 9.84 Å². The quantitative estimate of drug-likeness (QED) is 0.503. The van der Waals surface area contributed by atoms with Crippen LogP contribution in [0, 0.1) is 0 Å². The third kappa shape index (κ3) is 4.63. The SMILES string of the molecule is CCN1CCN(c2ccc(-c3cnc4ccc(/C=C5\SC(N6CCOCC6)=NC5=O)nn34)cc2)CC1. The van der Waals surface area contributed by atoms with Crippen LogP contribution >= 0.6 is 11.8 Å². The Kier molecular flexibility index (Phi) is 6.47. The third-order valence-electron chi connectivity index (χ3n) is 6.90. The Labute approximate surface area is 214 Å². The van der Waals surface area contributed by atoms with Crippen LogP contribution in [0.15, 0.2) is 52.5 Å². The van der Waals surface area contributed by atoms with Gasteiger partial charge in [0.25, 0.3) is 5.91 Å². The zero-order valence-electron chi connectivity index (χ0n) is 20.3. The van der Waals surface area contributed by atoms with Gasteiger partial charge in [0, 0.05) is 50.5 Å². The summed E-state index contributed by atoms with van der Waals surface area (Å²) in [6.07, 6.45) is 3.66. The maximum absolute atomic E-state index is 12.5. The van der Waals surface area contributed by atoms with Gasteiger partial charge in [0.15, 0.2) is 10.8 Å². The molecule has 0 saturated carbocycles. The van der Waals surface area contributed by atoms with E-state index in [9.17, 15) is 4.79 Å². The second-order valence-electron chi connectivity index (χ2n) is 9.05. The average Bonchev–Trinajstić information content (AvgIpc) is 3.52. The fourth-order valence-corrected chi connectivity index (χ4v) is 5.70. The number of imidazole rings is 1. The number of piperazine rings is 1. The van der Waals surface area contributed by atoms with E-state index in [1.54, 1.807) is 0 Å². The number of rotatable bonds is 4. The van der Waals surface area contributed by atoms with Gasteiger partial charge in [-0.05, 0) is 48.6 Å². The van der Waals surface area contributed by atoms with Crippen LogP contribution in [0.4, 0.5) is 5.69 Å². The van der Waals surface area contributed by atoms with Crippen LogP contribution in [0.3, 0.4) is 0 Å². The number of amidine groups is 1. The highest BCUT2D eigenvalue weighted by molar-refractivity contribution is 8.18. The van der Waals surface area contributed by atoms with Gasteiger partial charge in [-0.15, -0.1) is 0 Å². The van der Waals surface area contributed by atoms with E-state index in [1.165, 1.54) is 17.4 Å². The van der Waals surface area contributed by atoms with Crippen LogP contribution in [-0.4, -0.2) is 94.5 Å². The molecule has 2 fully saturated rings. The minimum absolute atomic E-state index is 0.218. The maximum atomic E-state index is 12.5. The summed E-state index contributed by atoms with van der Waals surface area (Å²) in [7, 11) is 0. The van der Waals surface area contributed by atoms with Gasteiger partial charge in [-0.1, -0.05) is 19.1 Å². The molecule has 2 aromatic heterocycles. The number of ether oxygens (including phenoxy) is 1. The first kappa shape index (κ1) is 23.2. The number of nitrogens with zero attached hydrogens (tertiary/aromatic N) is 7. The van der Waals surface area contributed by atoms with Crippen LogP contribution in [0.25, 0.3) is 23.0 Å². The summed E-state index contributed by atoms with van der Waals surface area (Å²) in [5.41, 5.74) is 4.68. The fourth-order valence-electron chi connectivity index (χ4n) is 4.75. The highest BCUT2D eigenvalue weighted by atomic mass is 32.2. The minimum atomic E-state index is -0.218. The van der Waals surface area contributed by atoms with Crippen molar-refractivity contribution < 1.29 is 9.53 Å². The number of anilines is 1. The first-order chi connectivity index (χ1) is 17.7. The van der Waals surface area contributed by atoms with Gasteiger partial charge in [0.1, 0.15) is 0 Å². The van der Waals surface area contributed by atoms with Gasteiger partial charge in [0.2, 0.25) is 0 Å². The van der Waals surface area contributed by atoms with Crippen LogP contribution in [0.5, 0.6) is 0 Å². The number of carbonyl (C=O) groups excluding carboxylic acids is 1. The Morgan fingerprint density at radius 1 is 0.972 bits per heavy atom. The molecule has 1 aromatic carbocycles. The number of carbonyl (C=O) groups is 1. The number of aliphatic imine (C=N–C) groups is 1. The molecule has 186 valence electrons. The molecule has 0 atom stereocenters. The number of amides is 1. The number of hydrogen-bond acceptors (Lipinski definition) is 8. The van der Waals surface area contributed by atoms with Crippen molar-refractivity contribution in [2.45, 2.75) is 6.92 Å². The van der Waals surface area contributed by atoms with Crippen molar-refractivity contribution >= 4 is 40.2 Å². The molecule has 9 nitrogen and oxygen atoms in total. The number of hydrogen-bond donors (Lipinski definition) is 0. The van der Waals surface area contributed by atoms with Gasteiger partial charge in [0.05, 0.1) is 35.7 Å². The number of aromatic nitrogens is 3. The monoisotopic (exact) mass is 503 g/mol. The Bertz CT molecular complexity index is 1320. The van der Waals surface area contributed by atoms with Gasteiger partial charge in [-0.25, -0.2) is 9.50 Å². The molecule has 5 heterocycles. The average molecular weight is 504 g/mol. The maximum Gasteiger partial charge on any atom is 0.286 e. The topological polar surface area (TPSA) is 78.6 Å². The normalized spacial score (nSPS) is 20.5. The Hall–Kier alpha value is -3.21. The van der Waals surface area contributed by atoms with E-state index in [-0.39, 0.29) is 5.91 Å². The standard InChI is InChI=1S/C26H29N7O2S/c1-2-30-9-11-31(12-10-30)21-6-3-19(4-7-21)22-18-27-24-8-5-20(29-33(22)24)17-23-25(34)28-26(36-23)32-13-15-35-16-14-32/h3-8,17-18H,2,9-16H2,1H3/b23-17-. The Morgan fingerprint density at radius 2 is 1.75 bits per heavy atom. The summed E-state index contributed by atoms with van der Waals surface area (Å²) in [5, 5.41) is 5.53. The highest BCUT2D eigenvalue weighted by Gasteiger charge is 2.27. The molecule has 0 bridgehead atoms. The van der Waals surface area contributed by atoms with E-state index < -0.39 is 0 Å². The summed E-state index contributed by atoms with van der Waals surface area (Å²) in [4.78, 5) is 28.9. The lowest BCUT2D eigenvalue weighted by Crippen LogP contribution is -2.46. The number of benzene rings is 1. The van der Waals surface area contributed by atoms with Gasteiger partial charge < -0.3 is 19.4 Å². The van der Waals surface area contributed by atoms with Crippen LogP contribution in [0.1, 0.15) is 12.6 Å². The molecule has 2 saturated heterocycles. The van der Waals surface area contributed by atoms with Crippen molar-refractivity contribution in [1.82, 2.24) is 24.4 Å². The lowest BCUT2D eigenvalue weighted by molar-refractivity contribution is -0.113. The molecule has 3 aliphatic rings. The van der Waals surface area contributed by atoms with E-state index >= 15 is 0 Å². The molecule has 36 heavy (non-hydrogen) atoms. The summed E-state index contributed by atoms with van der Waals surface area (Å²) in [5.74, 6) is -0.218. The molecular formula is C26H29N7O2S. The first-order valence-corrected chi connectivity index (χ1v) is 13.3. The predicted octanol–water partition coefficient (Wildman–Crippen LogP) is 2.84. The van der Waals surface area contributed by atoms with Crippen LogP contribution < -0.4 is 4.90 Å². The third-order valence-corrected chi connectivity index (χ3v) is 7.94. The zero-order valence-corrected chi connectivity index (χ0v) is 21.2. The Morgan fingerprint density at radius 3 is 2.50 bits per heavy atom. The molecule has 0 unspecified atom stereocenters. The minimum Gasteiger partial charge on any atom is -0.378 e. The second-order valence-corrected chi connectivity index (χ2v) is 10.1. The molecule has 1 amide bonds. The largest absolute Gasteiger partial charge is 0.378 e. The summed E-state index contributed by atoms with van der Waals surface area (Å²) >= 11 is 1.40. The lowest BCUT2D eigenvalue weighted by atomic mass is 10.1. The first-order valence-electron chi connectivity index (χ1n) is 12.5. The van der Waals surface area contributed by atoms with Gasteiger partial charge >= 0.3 is 0 Å². The summed E-state index contributed by atoms with van der Waals surface area (Å²) < 4.78 is 7.25. The van der Waals surface area contributed by atoms with Crippen LogP contribution in [-0.2, 0) is 9.53 Å². The Balaban J connectivity index is 1.21. The number of likely N-dealkylation sites (N-methyl/N-ethyl adjacent to an activating group) is 1. The molecule has 0 aliphatic carbocycles. The molecule has 0 spiro atoms. The number of thioether (sulfide) groups is 1. The molecule has 3 aromatic rings. The van der Waals surface area contributed by atoms with Gasteiger partial charge in [-0.2, -0.15) is 10.1 Å². The molecule has 6 rings (SSSR count). The smallest absolute Gasteiger partial charge is 0.286 e. The van der Waals surface area contributed by atoms with Crippen molar-refractivity contribution in [3.05, 3.63) is 53.2 Å². The zero-order chi connectivity index (χ0) is 24.5. The molecule has 0 N–H and O–H groups in total. The molecule has 0 radical (unpaired) electrons. The summed E-state index contributed by atoms with van der Waals surface area (Å²) in [6.45, 7) is 10.5. The van der Waals surface area contributed by atoms with Crippen molar-refractivity contribution in [3.8, 4) is 11.3 Å². The van der Waals surface area contributed by atoms with E-state index in [2.05, 4.69) is 55.9 Å². The number of fused-ring (bicyclic) bond motifs is 1. The van der Waals surface area contributed by atoms with Crippen LogP contribution in [0.2, 0.25) is 0 Å². The predicted molar refractivity (Wildman–Crippen MR) is 143 cm³/mol. The molecular weight excluding hydrogens is 474 g/mol. The molecule has 10 heteroatoms. The summed E-state index contributed by atoms with van der Waals surface area (Å²) in [6, 6.07) is 12.4. The molecule has 3 aliphatic heterocycles. The van der Waals surface area contributed by atoms with Crippen molar-refractivity contribution in [1.29, 1.82) is 0 Å². The van der Waals surface area contributed by atoms with E-state index in [1.807, 2.05) is 28.9 Å². The van der Waals surface area contributed by atoms with Gasteiger partial charge in [-0.3, -0.25) is 4.79 Å².